The van der Waals surface area contributed by atoms with E-state index in [1.807, 2.05) is 0 Å². The lowest BCUT2D eigenvalue weighted by molar-refractivity contribution is 0.416. The summed E-state index contributed by atoms with van der Waals surface area (Å²) in [6.07, 6.45) is 0. The van der Waals surface area contributed by atoms with Gasteiger partial charge in [0, 0.05) is 9.38 Å². The molecule has 0 aliphatic rings. The molecule has 0 heterocycles. The number of rotatable bonds is 2. The topological polar surface area (TPSA) is 58.0 Å². The van der Waals surface area contributed by atoms with Crippen LogP contribution in [0, 0.1) is 0 Å². The van der Waals surface area contributed by atoms with Crippen LogP contribution < -0.4 is 4.74 Å². The zero-order valence-corrected chi connectivity index (χ0v) is 9.00. The molecular weight excluding hydrogens is 257 g/mol. The van der Waals surface area contributed by atoms with Gasteiger partial charge in [-0.3, -0.25) is 0 Å². The Balaban J connectivity index is 3.32. The predicted molar refractivity (Wildman–Crippen MR) is 54.5 cm³/mol. The van der Waals surface area contributed by atoms with Crippen molar-refractivity contribution in [1.29, 1.82) is 0 Å². The van der Waals surface area contributed by atoms with Gasteiger partial charge in [-0.05, 0) is 33.6 Å². The van der Waals surface area contributed by atoms with Gasteiger partial charge in [0.1, 0.15) is 5.75 Å². The monoisotopic (exact) mass is 261 g/mol. The van der Waals surface area contributed by atoms with Crippen LogP contribution in [-0.2, 0) is 0 Å². The van der Waals surface area contributed by atoms with Crippen molar-refractivity contribution in [3.63, 3.8) is 0 Å². The van der Waals surface area contributed by atoms with Crippen LogP contribution in [0.5, 0.6) is 5.75 Å². The Kier molecular flexibility index (Phi) is 3.42. The van der Waals surface area contributed by atoms with Gasteiger partial charge in [-0.25, -0.2) is 0 Å². The predicted octanol–water partition coefficient (Wildman–Crippen LogP) is 4.05. The highest BCUT2D eigenvalue weighted by Crippen LogP contribution is 2.36. The van der Waals surface area contributed by atoms with E-state index in [-0.39, 0.29) is 0 Å². The zero-order chi connectivity index (χ0) is 9.84. The summed E-state index contributed by atoms with van der Waals surface area (Å²) in [5.41, 5.74) is 8.62. The standard InChI is InChI=1S/C7H5BrClN3O/c1-13-7-2-4(8)5(9)3-6(7)11-12-10/h2-3H,1H3. The number of hydrogen-bond donors (Lipinski definition) is 0. The van der Waals surface area contributed by atoms with Gasteiger partial charge in [0.15, 0.2) is 0 Å². The summed E-state index contributed by atoms with van der Waals surface area (Å²) in [5.74, 6) is 0.481. The van der Waals surface area contributed by atoms with Crippen molar-refractivity contribution in [2.75, 3.05) is 7.11 Å². The Morgan fingerprint density at radius 2 is 2.31 bits per heavy atom. The van der Waals surface area contributed by atoms with Gasteiger partial charge in [-0.1, -0.05) is 16.7 Å². The molecule has 0 saturated carbocycles. The van der Waals surface area contributed by atoms with Crippen LogP contribution in [0.2, 0.25) is 5.02 Å². The lowest BCUT2D eigenvalue weighted by Crippen LogP contribution is -1.83. The van der Waals surface area contributed by atoms with Crippen molar-refractivity contribution in [2.24, 2.45) is 5.11 Å². The fourth-order valence-corrected chi connectivity index (χ4v) is 1.29. The van der Waals surface area contributed by atoms with Crippen LogP contribution in [0.3, 0.4) is 0 Å². The molecule has 0 aromatic heterocycles. The van der Waals surface area contributed by atoms with E-state index in [2.05, 4.69) is 26.0 Å². The average Bonchev–Trinajstić information content (AvgIpc) is 2.11. The van der Waals surface area contributed by atoms with Crippen molar-refractivity contribution < 1.29 is 4.74 Å². The van der Waals surface area contributed by atoms with Gasteiger partial charge >= 0.3 is 0 Å². The molecule has 4 nitrogen and oxygen atoms in total. The molecule has 0 saturated heterocycles. The number of benzene rings is 1. The van der Waals surface area contributed by atoms with Gasteiger partial charge in [0.05, 0.1) is 17.8 Å². The second kappa shape index (κ2) is 4.37. The third-order valence-electron chi connectivity index (χ3n) is 1.37. The molecule has 0 aliphatic heterocycles. The lowest BCUT2D eigenvalue weighted by atomic mass is 10.3. The maximum Gasteiger partial charge on any atom is 0.129 e. The number of nitrogens with zero attached hydrogens (tertiary/aromatic N) is 3. The first-order valence-corrected chi connectivity index (χ1v) is 4.44. The summed E-state index contributed by atoms with van der Waals surface area (Å²) >= 11 is 9.02. The van der Waals surface area contributed by atoms with E-state index >= 15 is 0 Å². The summed E-state index contributed by atoms with van der Waals surface area (Å²) < 4.78 is 5.68. The highest BCUT2D eigenvalue weighted by molar-refractivity contribution is 9.10. The van der Waals surface area contributed by atoms with Crippen LogP contribution in [-0.4, -0.2) is 7.11 Å². The maximum atomic E-state index is 8.25. The van der Waals surface area contributed by atoms with Crippen LogP contribution in [0.4, 0.5) is 5.69 Å². The third kappa shape index (κ3) is 2.28. The van der Waals surface area contributed by atoms with Crippen LogP contribution >= 0.6 is 27.5 Å². The molecule has 0 bridgehead atoms. The molecule has 6 heteroatoms. The molecule has 0 spiro atoms. The average molecular weight is 262 g/mol. The van der Waals surface area contributed by atoms with Gasteiger partial charge in [-0.15, -0.1) is 0 Å². The van der Waals surface area contributed by atoms with Gasteiger partial charge in [0.25, 0.3) is 0 Å². The normalized spacial score (nSPS) is 9.15. The molecular formula is C7H5BrClN3O. The minimum Gasteiger partial charge on any atom is -0.496 e. The minimum atomic E-state index is 0.373. The van der Waals surface area contributed by atoms with E-state index in [0.29, 0.717) is 20.9 Å². The number of azide groups is 1. The summed E-state index contributed by atoms with van der Waals surface area (Å²) in [7, 11) is 1.49. The van der Waals surface area contributed by atoms with Crippen LogP contribution in [0.1, 0.15) is 0 Å². The molecule has 1 aromatic rings. The van der Waals surface area contributed by atoms with E-state index < -0.39 is 0 Å². The molecule has 0 amide bonds. The van der Waals surface area contributed by atoms with E-state index in [9.17, 15) is 0 Å². The SMILES string of the molecule is COc1cc(Br)c(Cl)cc1N=[N+]=[N-]. The van der Waals surface area contributed by atoms with Crippen LogP contribution in [0.25, 0.3) is 10.4 Å². The van der Waals surface area contributed by atoms with Crippen molar-refractivity contribution in [3.8, 4) is 5.75 Å². The molecule has 0 N–H and O–H groups in total. The summed E-state index contributed by atoms with van der Waals surface area (Å²) in [6, 6.07) is 3.18. The highest BCUT2D eigenvalue weighted by Gasteiger charge is 2.05. The number of halogens is 2. The Bertz CT molecular complexity index is 376. The van der Waals surface area contributed by atoms with Gasteiger partial charge in [-0.2, -0.15) is 0 Å². The Hall–Kier alpha value is -0.900. The molecule has 68 valence electrons. The lowest BCUT2D eigenvalue weighted by Gasteiger charge is -2.05. The van der Waals surface area contributed by atoms with Crippen molar-refractivity contribution >= 4 is 33.2 Å². The van der Waals surface area contributed by atoms with Gasteiger partial charge < -0.3 is 4.74 Å². The minimum absolute atomic E-state index is 0.373. The first-order chi connectivity index (χ1) is 6.19. The molecule has 13 heavy (non-hydrogen) atoms. The first-order valence-electron chi connectivity index (χ1n) is 3.27. The summed E-state index contributed by atoms with van der Waals surface area (Å²) in [5, 5.41) is 3.90. The van der Waals surface area contributed by atoms with Crippen molar-refractivity contribution in [2.45, 2.75) is 0 Å². The third-order valence-corrected chi connectivity index (χ3v) is 2.57. The summed E-state index contributed by atoms with van der Waals surface area (Å²) in [6.45, 7) is 0. The Morgan fingerprint density at radius 1 is 1.62 bits per heavy atom. The molecule has 0 unspecified atom stereocenters. The molecule has 0 atom stereocenters. The Labute approximate surface area is 88.2 Å². The Morgan fingerprint density at radius 3 is 2.85 bits per heavy atom. The molecule has 0 aliphatic carbocycles. The molecule has 0 fully saturated rings. The smallest absolute Gasteiger partial charge is 0.129 e. The van der Waals surface area contributed by atoms with E-state index in [1.165, 1.54) is 13.2 Å². The van der Waals surface area contributed by atoms with E-state index in [4.69, 9.17) is 21.9 Å². The van der Waals surface area contributed by atoms with Crippen molar-refractivity contribution in [3.05, 3.63) is 32.1 Å². The molecule has 0 radical (unpaired) electrons. The fourth-order valence-electron chi connectivity index (χ4n) is 0.808. The quantitative estimate of drug-likeness (QED) is 0.450. The number of hydrogen-bond acceptors (Lipinski definition) is 2. The molecule has 1 aromatic carbocycles. The first kappa shape index (κ1) is 10.2. The molecule has 1 rings (SSSR count). The number of ether oxygens (including phenoxy) is 1. The highest BCUT2D eigenvalue weighted by atomic mass is 79.9. The number of methoxy groups -OCH3 is 1. The summed E-state index contributed by atoms with van der Waals surface area (Å²) in [4.78, 5) is 2.66. The fraction of sp³-hybridized carbons (Fsp3) is 0.143. The van der Waals surface area contributed by atoms with E-state index in [0.717, 1.165) is 0 Å². The van der Waals surface area contributed by atoms with Gasteiger partial charge in [0.2, 0.25) is 0 Å². The van der Waals surface area contributed by atoms with Crippen molar-refractivity contribution in [1.82, 2.24) is 0 Å². The largest absolute Gasteiger partial charge is 0.496 e. The van der Waals surface area contributed by atoms with E-state index in [1.54, 1.807) is 6.07 Å². The van der Waals surface area contributed by atoms with Crippen LogP contribution in [0.15, 0.2) is 21.7 Å². The second-order valence-electron chi connectivity index (χ2n) is 2.13. The maximum absolute atomic E-state index is 8.25. The zero-order valence-electron chi connectivity index (χ0n) is 6.66. The second-order valence-corrected chi connectivity index (χ2v) is 3.39.